The Morgan fingerprint density at radius 2 is 2.21 bits per heavy atom. The lowest BCUT2D eigenvalue weighted by Gasteiger charge is -2.27. The van der Waals surface area contributed by atoms with Crippen LogP contribution in [0.5, 0.6) is 0 Å². The Morgan fingerprint density at radius 3 is 3.14 bits per heavy atom. The number of benzene rings is 1. The van der Waals surface area contributed by atoms with Gasteiger partial charge in [0, 0.05) is 18.1 Å². The first-order valence-corrected chi connectivity index (χ1v) is 4.87. The smallest absolute Gasteiger partial charge is 0.253 e. The molecule has 3 heteroatoms. The van der Waals surface area contributed by atoms with Crippen LogP contribution in [0, 0.1) is 0 Å². The zero-order valence-electron chi connectivity index (χ0n) is 7.69. The lowest BCUT2D eigenvalue weighted by molar-refractivity contribution is 0.0559. The summed E-state index contributed by atoms with van der Waals surface area (Å²) in [7, 11) is 0. The minimum Gasteiger partial charge on any atom is -0.358 e. The number of carbonyl (C=O) groups excluding carboxylic acids is 1. The molecule has 1 fully saturated rings. The summed E-state index contributed by atoms with van der Waals surface area (Å²) in [6, 6.07) is 7.78. The van der Waals surface area contributed by atoms with Gasteiger partial charge in [-0.05, 0) is 18.1 Å². The molecule has 1 amide bonds. The fourth-order valence-electron chi connectivity index (χ4n) is 2.28. The maximum atomic E-state index is 11.6. The molecule has 0 bridgehead atoms. The second-order valence-electron chi connectivity index (χ2n) is 3.75. The molecule has 14 heavy (non-hydrogen) atoms. The van der Waals surface area contributed by atoms with Crippen molar-refractivity contribution in [1.82, 2.24) is 5.32 Å². The Balaban J connectivity index is 2.13. The van der Waals surface area contributed by atoms with Crippen molar-refractivity contribution in [3.05, 3.63) is 35.4 Å². The highest BCUT2D eigenvalue weighted by Gasteiger charge is 2.37. The van der Waals surface area contributed by atoms with Crippen molar-refractivity contribution >= 4 is 5.91 Å². The number of carbonyl (C=O) groups is 1. The van der Waals surface area contributed by atoms with Crippen LogP contribution in [0.1, 0.15) is 28.3 Å². The molecule has 1 N–H and O–H groups in total. The van der Waals surface area contributed by atoms with Gasteiger partial charge in [0.25, 0.3) is 5.91 Å². The van der Waals surface area contributed by atoms with E-state index in [1.807, 2.05) is 24.3 Å². The van der Waals surface area contributed by atoms with Crippen molar-refractivity contribution < 1.29 is 9.53 Å². The molecule has 2 atom stereocenters. The number of hydrogen-bond acceptors (Lipinski definition) is 2. The third kappa shape index (κ3) is 0.990. The predicted octanol–water partition coefficient (Wildman–Crippen LogP) is 1.26. The molecule has 0 aliphatic carbocycles. The highest BCUT2D eigenvalue weighted by Crippen LogP contribution is 2.35. The molecular weight excluding hydrogens is 178 g/mol. The predicted molar refractivity (Wildman–Crippen MR) is 51.0 cm³/mol. The third-order valence-corrected chi connectivity index (χ3v) is 2.97. The van der Waals surface area contributed by atoms with Crippen LogP contribution in [-0.4, -0.2) is 18.7 Å². The zero-order chi connectivity index (χ0) is 9.54. The second-order valence-corrected chi connectivity index (χ2v) is 3.75. The summed E-state index contributed by atoms with van der Waals surface area (Å²) in [6.45, 7) is 0.740. The van der Waals surface area contributed by atoms with Gasteiger partial charge in [0.2, 0.25) is 0 Å². The minimum absolute atomic E-state index is 0.0104. The van der Waals surface area contributed by atoms with Crippen molar-refractivity contribution in [2.24, 2.45) is 0 Å². The molecule has 2 heterocycles. The Morgan fingerprint density at radius 1 is 1.36 bits per heavy atom. The Bertz CT molecular complexity index is 389. The van der Waals surface area contributed by atoms with Crippen LogP contribution in [0.2, 0.25) is 0 Å². The molecule has 1 aromatic carbocycles. The van der Waals surface area contributed by atoms with E-state index in [2.05, 4.69) is 5.32 Å². The third-order valence-electron chi connectivity index (χ3n) is 2.97. The molecule has 0 spiro atoms. The van der Waals surface area contributed by atoms with E-state index in [0.717, 1.165) is 24.2 Å². The highest BCUT2D eigenvalue weighted by atomic mass is 16.5. The quantitative estimate of drug-likeness (QED) is 0.667. The van der Waals surface area contributed by atoms with E-state index < -0.39 is 0 Å². The number of ether oxygens (including phenoxy) is 1. The summed E-state index contributed by atoms with van der Waals surface area (Å²) in [5.41, 5.74) is 1.94. The minimum atomic E-state index is -0.0996. The number of rotatable bonds is 0. The van der Waals surface area contributed by atoms with Crippen molar-refractivity contribution in [2.75, 3.05) is 6.61 Å². The van der Waals surface area contributed by atoms with Gasteiger partial charge in [-0.15, -0.1) is 0 Å². The van der Waals surface area contributed by atoms with Gasteiger partial charge in [-0.3, -0.25) is 4.79 Å². The first-order chi connectivity index (χ1) is 6.86. The molecule has 1 unspecified atom stereocenters. The standard InChI is InChI=1S/C11H11NO2/c13-10-8-4-2-1-3-7(8)9-5-6-14-11(9)12-10/h1-4,9,11H,5-6H2,(H,12,13)/t9-,11?/m0/s1. The van der Waals surface area contributed by atoms with E-state index in [9.17, 15) is 4.79 Å². The van der Waals surface area contributed by atoms with E-state index in [-0.39, 0.29) is 12.1 Å². The molecule has 0 aromatic heterocycles. The Hall–Kier alpha value is -1.35. The molecule has 2 aliphatic heterocycles. The fraction of sp³-hybridized carbons (Fsp3) is 0.364. The highest BCUT2D eigenvalue weighted by molar-refractivity contribution is 5.97. The SMILES string of the molecule is O=C1NC2OCC[C@H]2c2ccccc21. The van der Waals surface area contributed by atoms with Crippen LogP contribution >= 0.6 is 0 Å². The van der Waals surface area contributed by atoms with Crippen LogP contribution in [-0.2, 0) is 4.74 Å². The molecule has 0 saturated carbocycles. The average molecular weight is 189 g/mol. The lowest BCUT2D eigenvalue weighted by Crippen LogP contribution is -2.42. The van der Waals surface area contributed by atoms with Gasteiger partial charge in [-0.25, -0.2) is 0 Å². The summed E-state index contributed by atoms with van der Waals surface area (Å²) in [5, 5.41) is 2.87. The molecule has 3 rings (SSSR count). The van der Waals surface area contributed by atoms with Crippen LogP contribution in [0.4, 0.5) is 0 Å². The maximum absolute atomic E-state index is 11.6. The van der Waals surface area contributed by atoms with E-state index in [1.165, 1.54) is 0 Å². The monoisotopic (exact) mass is 189 g/mol. The second kappa shape index (κ2) is 2.82. The summed E-state index contributed by atoms with van der Waals surface area (Å²) >= 11 is 0. The molecule has 0 radical (unpaired) electrons. The van der Waals surface area contributed by atoms with Crippen LogP contribution in [0.3, 0.4) is 0 Å². The van der Waals surface area contributed by atoms with Gasteiger partial charge >= 0.3 is 0 Å². The van der Waals surface area contributed by atoms with Gasteiger partial charge in [0.05, 0.1) is 0 Å². The van der Waals surface area contributed by atoms with Crippen molar-refractivity contribution in [2.45, 2.75) is 18.6 Å². The van der Waals surface area contributed by atoms with E-state index in [4.69, 9.17) is 4.74 Å². The van der Waals surface area contributed by atoms with Gasteiger partial charge in [0.1, 0.15) is 6.23 Å². The van der Waals surface area contributed by atoms with Crippen LogP contribution in [0.15, 0.2) is 24.3 Å². The molecular formula is C11H11NO2. The Labute approximate surface area is 82.1 Å². The number of hydrogen-bond donors (Lipinski definition) is 1. The van der Waals surface area contributed by atoms with Gasteiger partial charge in [-0.1, -0.05) is 18.2 Å². The summed E-state index contributed by atoms with van der Waals surface area (Å²) in [4.78, 5) is 11.6. The van der Waals surface area contributed by atoms with Crippen molar-refractivity contribution in [3.63, 3.8) is 0 Å². The average Bonchev–Trinajstić information content (AvgIpc) is 2.66. The topological polar surface area (TPSA) is 38.3 Å². The molecule has 72 valence electrons. The van der Waals surface area contributed by atoms with E-state index in [1.54, 1.807) is 0 Å². The molecule has 3 nitrogen and oxygen atoms in total. The maximum Gasteiger partial charge on any atom is 0.253 e. The first-order valence-electron chi connectivity index (χ1n) is 4.87. The molecule has 1 saturated heterocycles. The van der Waals surface area contributed by atoms with Gasteiger partial charge < -0.3 is 10.1 Å². The van der Waals surface area contributed by atoms with Crippen molar-refractivity contribution in [1.29, 1.82) is 0 Å². The largest absolute Gasteiger partial charge is 0.358 e. The molecule has 2 aliphatic rings. The fourth-order valence-corrected chi connectivity index (χ4v) is 2.28. The van der Waals surface area contributed by atoms with Crippen molar-refractivity contribution in [3.8, 4) is 0 Å². The first kappa shape index (κ1) is 8.00. The summed E-state index contributed by atoms with van der Waals surface area (Å²) < 4.78 is 5.45. The Kier molecular flexibility index (Phi) is 1.61. The number of amides is 1. The number of nitrogens with one attached hydrogen (secondary N) is 1. The van der Waals surface area contributed by atoms with Gasteiger partial charge in [0.15, 0.2) is 0 Å². The van der Waals surface area contributed by atoms with E-state index in [0.29, 0.717) is 5.92 Å². The lowest BCUT2D eigenvalue weighted by atomic mass is 9.88. The van der Waals surface area contributed by atoms with E-state index >= 15 is 0 Å². The van der Waals surface area contributed by atoms with Crippen LogP contribution < -0.4 is 5.32 Å². The summed E-state index contributed by atoms with van der Waals surface area (Å²) in [6.07, 6.45) is 0.902. The number of fused-ring (bicyclic) bond motifs is 3. The molecule has 1 aromatic rings. The summed E-state index contributed by atoms with van der Waals surface area (Å²) in [5.74, 6) is 0.340. The van der Waals surface area contributed by atoms with Crippen LogP contribution in [0.25, 0.3) is 0 Å². The zero-order valence-corrected chi connectivity index (χ0v) is 7.69. The normalized spacial score (nSPS) is 29.3. The van der Waals surface area contributed by atoms with Gasteiger partial charge in [-0.2, -0.15) is 0 Å².